The second-order valence-electron chi connectivity index (χ2n) is 8.81. The van der Waals surface area contributed by atoms with Crippen LogP contribution in [0.15, 0.2) is 48.7 Å². The molecule has 0 radical (unpaired) electrons. The molecule has 2 saturated heterocycles. The third kappa shape index (κ3) is 4.96. The van der Waals surface area contributed by atoms with Crippen molar-refractivity contribution in [2.24, 2.45) is 11.8 Å². The molecule has 5 heteroatoms. The molecule has 0 saturated carbocycles. The number of nitrogens with one attached hydrogen (secondary N) is 1. The van der Waals surface area contributed by atoms with Gasteiger partial charge in [-0.1, -0.05) is 44.2 Å². The topological polar surface area (TPSA) is 48.5 Å². The van der Waals surface area contributed by atoms with E-state index in [2.05, 4.69) is 59.4 Å². The fourth-order valence-corrected chi connectivity index (χ4v) is 4.42. The van der Waals surface area contributed by atoms with Gasteiger partial charge in [0.1, 0.15) is 5.82 Å². The van der Waals surface area contributed by atoms with Crippen LogP contribution in [0.25, 0.3) is 0 Å². The fraction of sp³-hybridized carbons (Fsp3) is 0.500. The molecule has 29 heavy (non-hydrogen) atoms. The average molecular weight is 393 g/mol. The quantitative estimate of drug-likeness (QED) is 0.839. The highest BCUT2D eigenvalue weighted by molar-refractivity contribution is 5.94. The molecule has 2 unspecified atom stereocenters. The molecule has 154 valence electrons. The Morgan fingerprint density at radius 2 is 1.83 bits per heavy atom. The molecular weight excluding hydrogens is 360 g/mol. The van der Waals surface area contributed by atoms with E-state index in [0.717, 1.165) is 57.3 Å². The summed E-state index contributed by atoms with van der Waals surface area (Å²) >= 11 is 0. The highest BCUT2D eigenvalue weighted by Crippen LogP contribution is 2.23. The van der Waals surface area contributed by atoms with E-state index in [1.165, 1.54) is 5.56 Å². The fourth-order valence-electron chi connectivity index (χ4n) is 4.42. The number of rotatable bonds is 5. The number of aromatic nitrogens is 1. The van der Waals surface area contributed by atoms with Crippen molar-refractivity contribution in [3.63, 3.8) is 0 Å². The number of carbonyl (C=O) groups excluding carboxylic acids is 1. The minimum absolute atomic E-state index is 0.110. The zero-order valence-corrected chi connectivity index (χ0v) is 17.6. The number of benzene rings is 1. The standard InChI is InChI=1S/C24H32N4O/c1-18-10-12-28(13-11-18)24(29)21-8-9-23(25-14-21)26-22-17-27(15-19(22)2)16-20-6-4-3-5-7-20/h3-9,14,18-19,22H,10-13,15-17H2,1-2H3,(H,25,26). The van der Waals surface area contributed by atoms with Crippen LogP contribution < -0.4 is 5.32 Å². The number of hydrogen-bond acceptors (Lipinski definition) is 4. The Hall–Kier alpha value is -2.40. The summed E-state index contributed by atoms with van der Waals surface area (Å²) in [5.41, 5.74) is 2.05. The minimum Gasteiger partial charge on any atom is -0.366 e. The number of likely N-dealkylation sites (tertiary alicyclic amines) is 2. The van der Waals surface area contributed by atoms with Gasteiger partial charge in [-0.2, -0.15) is 0 Å². The van der Waals surface area contributed by atoms with Crippen molar-refractivity contribution in [1.82, 2.24) is 14.8 Å². The van der Waals surface area contributed by atoms with Gasteiger partial charge in [0, 0.05) is 45.0 Å². The lowest BCUT2D eigenvalue weighted by atomic mass is 9.99. The summed E-state index contributed by atoms with van der Waals surface area (Å²) in [4.78, 5) is 21.7. The highest BCUT2D eigenvalue weighted by Gasteiger charge is 2.29. The first-order valence-corrected chi connectivity index (χ1v) is 10.9. The van der Waals surface area contributed by atoms with Crippen molar-refractivity contribution in [2.45, 2.75) is 39.3 Å². The summed E-state index contributed by atoms with van der Waals surface area (Å²) in [6.07, 6.45) is 3.92. The van der Waals surface area contributed by atoms with Gasteiger partial charge in [-0.15, -0.1) is 0 Å². The number of anilines is 1. The van der Waals surface area contributed by atoms with Crippen molar-refractivity contribution in [1.29, 1.82) is 0 Å². The average Bonchev–Trinajstić information content (AvgIpc) is 3.08. The molecule has 0 spiro atoms. The van der Waals surface area contributed by atoms with Gasteiger partial charge in [-0.25, -0.2) is 4.98 Å². The molecule has 2 aliphatic rings. The van der Waals surface area contributed by atoms with Crippen LogP contribution in [0.4, 0.5) is 5.82 Å². The van der Waals surface area contributed by atoms with E-state index < -0.39 is 0 Å². The van der Waals surface area contributed by atoms with E-state index in [4.69, 9.17) is 0 Å². The highest BCUT2D eigenvalue weighted by atomic mass is 16.2. The Balaban J connectivity index is 1.32. The molecule has 3 heterocycles. The lowest BCUT2D eigenvalue weighted by Gasteiger charge is -2.30. The van der Waals surface area contributed by atoms with Crippen LogP contribution in [0.2, 0.25) is 0 Å². The van der Waals surface area contributed by atoms with E-state index in [-0.39, 0.29) is 5.91 Å². The van der Waals surface area contributed by atoms with E-state index in [1.54, 1.807) is 6.20 Å². The Morgan fingerprint density at radius 3 is 2.52 bits per heavy atom. The lowest BCUT2D eigenvalue weighted by Crippen LogP contribution is -2.38. The third-order valence-electron chi connectivity index (χ3n) is 6.35. The maximum absolute atomic E-state index is 12.7. The monoisotopic (exact) mass is 392 g/mol. The number of carbonyl (C=O) groups is 1. The van der Waals surface area contributed by atoms with Gasteiger partial charge >= 0.3 is 0 Å². The number of amides is 1. The Labute approximate surface area is 174 Å². The molecule has 2 atom stereocenters. The maximum Gasteiger partial charge on any atom is 0.255 e. The summed E-state index contributed by atoms with van der Waals surface area (Å²) in [6, 6.07) is 14.9. The van der Waals surface area contributed by atoms with E-state index in [1.807, 2.05) is 17.0 Å². The minimum atomic E-state index is 0.110. The summed E-state index contributed by atoms with van der Waals surface area (Å²) in [5.74, 6) is 2.24. The molecule has 2 aliphatic heterocycles. The zero-order chi connectivity index (χ0) is 20.2. The molecule has 2 fully saturated rings. The molecule has 1 aromatic heterocycles. The van der Waals surface area contributed by atoms with E-state index in [9.17, 15) is 4.79 Å². The van der Waals surface area contributed by atoms with Crippen LogP contribution in [0.5, 0.6) is 0 Å². The predicted octanol–water partition coefficient (Wildman–Crippen LogP) is 3.89. The third-order valence-corrected chi connectivity index (χ3v) is 6.35. The van der Waals surface area contributed by atoms with Crippen molar-refractivity contribution in [3.8, 4) is 0 Å². The van der Waals surface area contributed by atoms with Gasteiger partial charge in [0.05, 0.1) is 5.56 Å². The van der Waals surface area contributed by atoms with Crippen LogP contribution >= 0.6 is 0 Å². The molecule has 5 nitrogen and oxygen atoms in total. The first-order valence-electron chi connectivity index (χ1n) is 10.9. The van der Waals surface area contributed by atoms with Gasteiger partial charge in [0.15, 0.2) is 0 Å². The van der Waals surface area contributed by atoms with Gasteiger partial charge in [-0.3, -0.25) is 9.69 Å². The molecule has 1 N–H and O–H groups in total. The SMILES string of the molecule is CC1CCN(C(=O)c2ccc(NC3CN(Cc4ccccc4)CC3C)nc2)CC1. The normalized spacial score (nSPS) is 23.3. The van der Waals surface area contributed by atoms with Crippen molar-refractivity contribution in [2.75, 3.05) is 31.5 Å². The first-order chi connectivity index (χ1) is 14.1. The van der Waals surface area contributed by atoms with Gasteiger partial charge in [-0.05, 0) is 42.4 Å². The summed E-state index contributed by atoms with van der Waals surface area (Å²) < 4.78 is 0. The molecule has 0 aliphatic carbocycles. The van der Waals surface area contributed by atoms with Crippen LogP contribution in [-0.4, -0.2) is 52.9 Å². The molecule has 1 aromatic carbocycles. The summed E-state index contributed by atoms with van der Waals surface area (Å²) in [5, 5.41) is 3.58. The molecule has 0 bridgehead atoms. The Bertz CT molecular complexity index is 799. The smallest absolute Gasteiger partial charge is 0.255 e. The van der Waals surface area contributed by atoms with Crippen molar-refractivity contribution >= 4 is 11.7 Å². The lowest BCUT2D eigenvalue weighted by molar-refractivity contribution is 0.0697. The molecule has 1 amide bonds. The van der Waals surface area contributed by atoms with Gasteiger partial charge < -0.3 is 10.2 Å². The number of hydrogen-bond donors (Lipinski definition) is 1. The second kappa shape index (κ2) is 8.95. The van der Waals surface area contributed by atoms with Crippen LogP contribution in [-0.2, 0) is 6.54 Å². The summed E-state index contributed by atoms with van der Waals surface area (Å²) in [7, 11) is 0. The zero-order valence-electron chi connectivity index (χ0n) is 17.6. The van der Waals surface area contributed by atoms with E-state index in [0.29, 0.717) is 17.5 Å². The largest absolute Gasteiger partial charge is 0.366 e. The first kappa shape index (κ1) is 19.9. The molecular formula is C24H32N4O. The van der Waals surface area contributed by atoms with Crippen molar-refractivity contribution < 1.29 is 4.79 Å². The Kier molecular flexibility index (Phi) is 6.14. The maximum atomic E-state index is 12.7. The Morgan fingerprint density at radius 1 is 1.07 bits per heavy atom. The number of pyridine rings is 1. The van der Waals surface area contributed by atoms with Crippen LogP contribution in [0, 0.1) is 11.8 Å². The van der Waals surface area contributed by atoms with Gasteiger partial charge in [0.25, 0.3) is 5.91 Å². The second-order valence-corrected chi connectivity index (χ2v) is 8.81. The van der Waals surface area contributed by atoms with Crippen molar-refractivity contribution in [3.05, 3.63) is 59.8 Å². The van der Waals surface area contributed by atoms with Gasteiger partial charge in [0.2, 0.25) is 0 Å². The molecule has 2 aromatic rings. The summed E-state index contributed by atoms with van der Waals surface area (Å²) in [6.45, 7) is 9.33. The van der Waals surface area contributed by atoms with Crippen LogP contribution in [0.1, 0.15) is 42.6 Å². The molecule has 4 rings (SSSR count). The predicted molar refractivity (Wildman–Crippen MR) is 117 cm³/mol. The number of piperidine rings is 1. The number of nitrogens with zero attached hydrogens (tertiary/aromatic N) is 3. The van der Waals surface area contributed by atoms with Crippen LogP contribution in [0.3, 0.4) is 0 Å². The van der Waals surface area contributed by atoms with E-state index >= 15 is 0 Å².